The zero-order valence-electron chi connectivity index (χ0n) is 35.5. The Morgan fingerprint density at radius 1 is 0.698 bits per heavy atom. The van der Waals surface area contributed by atoms with Gasteiger partial charge in [-0.25, -0.2) is 4.79 Å². The first-order valence-corrected chi connectivity index (χ1v) is 19.5. The summed E-state index contributed by atoms with van der Waals surface area (Å²) < 4.78 is 64.4. The van der Waals surface area contributed by atoms with Gasteiger partial charge >= 0.3 is 47.8 Å². The first-order valence-electron chi connectivity index (χ1n) is 18.4. The zero-order valence-corrected chi connectivity index (χ0v) is 37.7. The Bertz CT molecular complexity index is 1780. The molecule has 2 fully saturated rings. The minimum atomic E-state index is -3.14. The van der Waals surface area contributed by atoms with Gasteiger partial charge in [0.1, 0.15) is 43.7 Å². The van der Waals surface area contributed by atoms with Crippen LogP contribution in [0.5, 0.6) is 0 Å². The molecule has 0 radical (unpaired) electrons. The summed E-state index contributed by atoms with van der Waals surface area (Å²) in [5.74, 6) is -15.3. The topological polar surface area (TPSA) is 309 Å². The summed E-state index contributed by atoms with van der Waals surface area (Å²) in [7, 11) is 0.816. The summed E-state index contributed by atoms with van der Waals surface area (Å²) in [5.41, 5.74) is 0. The van der Waals surface area contributed by atoms with Crippen LogP contribution < -0.4 is 0 Å². The van der Waals surface area contributed by atoms with Gasteiger partial charge in [0.25, 0.3) is 9.58 Å². The molecule has 0 aromatic heterocycles. The molecule has 0 aliphatic carbocycles. The van der Waals surface area contributed by atoms with Gasteiger partial charge in [0.05, 0.1) is 13.5 Å². The standard InChI is InChI=1S/C36H47Cl3N2O22/c1-14(42)41(15(2)43)26-23(55-18(5)46)11-35(34(51)52-10,62-29(26)27(57-20(7)48)24(56-19(6)47)12-53-16(3)44)63-30-28(58-21(8)49)25(13-54-17(4)45)60-32(31(30)59-22(9)50)61-33(40)36(37,38)39/h23-32,40H,11-13H2,1-10H3/t23-,24+,25+,26+,27+,28-,29+,30-,31+,32+,35-/m0/s1. The van der Waals surface area contributed by atoms with Crippen LogP contribution in [0.15, 0.2) is 0 Å². The van der Waals surface area contributed by atoms with Crippen molar-refractivity contribution in [3.05, 3.63) is 0 Å². The number of nitrogens with one attached hydrogen (secondary N) is 1. The number of hydrogen-bond donors (Lipinski definition) is 1. The van der Waals surface area contributed by atoms with Crippen molar-refractivity contribution >= 4 is 100 Å². The Kier molecular flexibility index (Phi) is 20.0. The van der Waals surface area contributed by atoms with Crippen LogP contribution in [-0.4, -0.2) is 161 Å². The molecular formula is C36H47Cl3N2O22. The smallest absolute Gasteiger partial charge is 0.366 e. The second kappa shape index (κ2) is 23.2. The van der Waals surface area contributed by atoms with Gasteiger partial charge < -0.3 is 56.8 Å². The van der Waals surface area contributed by atoms with E-state index in [0.717, 1.165) is 69.4 Å². The number of ether oxygens (including phenoxy) is 12. The first-order chi connectivity index (χ1) is 29.0. The van der Waals surface area contributed by atoms with E-state index in [0.29, 0.717) is 4.90 Å². The molecule has 1 N–H and O–H groups in total. The fraction of sp³-hybridized carbons (Fsp3) is 0.694. The molecule has 2 amide bonds. The van der Waals surface area contributed by atoms with Crippen LogP contribution in [0.25, 0.3) is 0 Å². The molecule has 24 nitrogen and oxygen atoms in total. The summed E-state index contributed by atoms with van der Waals surface area (Å²) in [6.45, 7) is 6.55. The van der Waals surface area contributed by atoms with Crippen molar-refractivity contribution in [2.75, 3.05) is 20.3 Å². The van der Waals surface area contributed by atoms with Crippen molar-refractivity contribution < 1.29 is 105 Å². The molecule has 2 saturated heterocycles. The van der Waals surface area contributed by atoms with Gasteiger partial charge in [0.15, 0.2) is 24.4 Å². The molecule has 0 aromatic rings. The van der Waals surface area contributed by atoms with E-state index in [4.69, 9.17) is 97.1 Å². The van der Waals surface area contributed by atoms with Gasteiger partial charge in [0.2, 0.25) is 24.0 Å². The van der Waals surface area contributed by atoms with Crippen LogP contribution in [0.3, 0.4) is 0 Å². The third-order valence-electron chi connectivity index (χ3n) is 8.53. The highest BCUT2D eigenvalue weighted by molar-refractivity contribution is 6.76. The van der Waals surface area contributed by atoms with E-state index in [1.165, 1.54) is 0 Å². The van der Waals surface area contributed by atoms with Crippen LogP contribution >= 0.6 is 34.8 Å². The highest BCUT2D eigenvalue weighted by Crippen LogP contribution is 2.43. The minimum absolute atomic E-state index is 0.506. The highest BCUT2D eigenvalue weighted by atomic mass is 35.6. The number of imide groups is 1. The van der Waals surface area contributed by atoms with Gasteiger partial charge in [-0.2, -0.15) is 0 Å². The number of nitrogens with zero attached hydrogens (tertiary/aromatic N) is 1. The van der Waals surface area contributed by atoms with E-state index in [2.05, 4.69) is 0 Å². The van der Waals surface area contributed by atoms with Crippen molar-refractivity contribution in [2.45, 2.75) is 139 Å². The number of amides is 2. The Morgan fingerprint density at radius 2 is 1.22 bits per heavy atom. The number of rotatable bonds is 16. The van der Waals surface area contributed by atoms with Crippen LogP contribution in [0, 0.1) is 5.41 Å². The lowest BCUT2D eigenvalue weighted by Gasteiger charge is -2.53. The third kappa shape index (κ3) is 15.4. The quantitative estimate of drug-likeness (QED) is 0.0730. The molecule has 0 bridgehead atoms. The fourth-order valence-electron chi connectivity index (χ4n) is 6.54. The van der Waals surface area contributed by atoms with Crippen LogP contribution in [-0.2, 0) is 105 Å². The number of alkyl halides is 3. The van der Waals surface area contributed by atoms with Crippen LogP contribution in [0.2, 0.25) is 0 Å². The maximum absolute atomic E-state index is 14.4. The fourth-order valence-corrected chi connectivity index (χ4v) is 6.67. The maximum Gasteiger partial charge on any atom is 0.366 e. The predicted molar refractivity (Wildman–Crippen MR) is 205 cm³/mol. The molecule has 2 aliphatic rings. The normalized spacial score (nSPS) is 26.5. The van der Waals surface area contributed by atoms with Gasteiger partial charge in [-0.3, -0.25) is 53.5 Å². The molecule has 11 atom stereocenters. The minimum Gasteiger partial charge on any atom is -0.465 e. The molecule has 0 spiro atoms. The third-order valence-corrected chi connectivity index (χ3v) is 9.04. The molecule has 0 unspecified atom stereocenters. The van der Waals surface area contributed by atoms with Crippen molar-refractivity contribution in [1.82, 2.24) is 4.90 Å². The average molecular weight is 966 g/mol. The van der Waals surface area contributed by atoms with Gasteiger partial charge in [-0.15, -0.1) is 0 Å². The zero-order chi connectivity index (χ0) is 48.3. The van der Waals surface area contributed by atoms with Crippen molar-refractivity contribution in [2.24, 2.45) is 0 Å². The lowest BCUT2D eigenvalue weighted by molar-refractivity contribution is -0.368. The van der Waals surface area contributed by atoms with Gasteiger partial charge in [-0.05, 0) is 0 Å². The molecule has 354 valence electrons. The van der Waals surface area contributed by atoms with Gasteiger partial charge in [-0.1, -0.05) is 34.8 Å². The largest absolute Gasteiger partial charge is 0.465 e. The van der Waals surface area contributed by atoms with Crippen LogP contribution in [0.4, 0.5) is 0 Å². The lowest BCUT2D eigenvalue weighted by Crippen LogP contribution is -2.72. The molecule has 27 heteroatoms. The second-order valence-electron chi connectivity index (χ2n) is 13.6. The summed E-state index contributed by atoms with van der Waals surface area (Å²) in [6.07, 6.45) is -19.4. The van der Waals surface area contributed by atoms with Crippen molar-refractivity contribution in [1.29, 1.82) is 5.41 Å². The lowest BCUT2D eigenvalue weighted by atomic mass is 9.86. The molecule has 0 saturated carbocycles. The number of methoxy groups -OCH3 is 1. The van der Waals surface area contributed by atoms with Gasteiger partial charge in [0, 0.05) is 62.3 Å². The number of hydrogen-bond acceptors (Lipinski definition) is 23. The molecular weight excluding hydrogens is 919 g/mol. The predicted octanol–water partition coefficient (Wildman–Crippen LogP) is 0.667. The van der Waals surface area contributed by atoms with E-state index < -0.39 is 156 Å². The number of carbonyl (C=O) groups is 10. The van der Waals surface area contributed by atoms with Crippen molar-refractivity contribution in [3.8, 4) is 0 Å². The molecule has 2 heterocycles. The number of esters is 8. The Morgan fingerprint density at radius 3 is 1.67 bits per heavy atom. The van der Waals surface area contributed by atoms with E-state index in [9.17, 15) is 47.9 Å². The number of halogens is 3. The van der Waals surface area contributed by atoms with E-state index in [1.54, 1.807) is 0 Å². The average Bonchev–Trinajstić information content (AvgIpc) is 3.12. The SMILES string of the molecule is COC(=O)[C@@]1(O[C@H]2[C@@H](OC(C)=O)[C@@H](COC(C)=O)O[C@H](OC(=N)C(Cl)(Cl)Cl)[C@@H]2OC(C)=O)C[C@H](OC(C)=O)[C@@H](N(C(C)=O)C(C)=O)[C@H]([C@H](OC(C)=O)[C@@H](COC(C)=O)OC(C)=O)O1. The maximum atomic E-state index is 14.4. The first kappa shape index (κ1) is 54.3. The van der Waals surface area contributed by atoms with E-state index in [1.807, 2.05) is 0 Å². The summed E-state index contributed by atoms with van der Waals surface area (Å²) in [6, 6.07) is -1.94. The monoisotopic (exact) mass is 964 g/mol. The molecule has 63 heavy (non-hydrogen) atoms. The molecule has 0 aromatic carbocycles. The summed E-state index contributed by atoms with van der Waals surface area (Å²) >= 11 is 17.6. The Balaban J connectivity index is 3.22. The second-order valence-corrected chi connectivity index (χ2v) is 15.9. The Labute approximate surface area is 374 Å². The van der Waals surface area contributed by atoms with Crippen molar-refractivity contribution in [3.63, 3.8) is 0 Å². The van der Waals surface area contributed by atoms with Crippen LogP contribution in [0.1, 0.15) is 68.7 Å². The van der Waals surface area contributed by atoms with E-state index in [-0.39, 0.29) is 0 Å². The highest BCUT2D eigenvalue weighted by Gasteiger charge is 2.65. The summed E-state index contributed by atoms with van der Waals surface area (Å²) in [4.78, 5) is 129. The molecule has 2 aliphatic heterocycles. The molecule has 2 rings (SSSR count). The summed E-state index contributed by atoms with van der Waals surface area (Å²) in [5, 5.41) is 8.24. The van der Waals surface area contributed by atoms with E-state index >= 15 is 0 Å². The number of carbonyl (C=O) groups excluding carboxylic acids is 10. The Hall–Kier alpha value is -4.88.